The number of ether oxygens (including phenoxy) is 3. The summed E-state index contributed by atoms with van der Waals surface area (Å²) in [6.45, 7) is 8.81. The van der Waals surface area contributed by atoms with Gasteiger partial charge in [-0.25, -0.2) is 9.59 Å². The lowest BCUT2D eigenvalue weighted by Crippen LogP contribution is -2.49. The summed E-state index contributed by atoms with van der Waals surface area (Å²) >= 11 is 0. The van der Waals surface area contributed by atoms with Crippen molar-refractivity contribution in [1.82, 2.24) is 10.6 Å². The molecule has 0 aromatic heterocycles. The van der Waals surface area contributed by atoms with Gasteiger partial charge in [0.2, 0.25) is 5.91 Å². The first-order chi connectivity index (χ1) is 15.5. The first kappa shape index (κ1) is 27.9. The van der Waals surface area contributed by atoms with E-state index in [1.54, 1.807) is 39.0 Å². The summed E-state index contributed by atoms with van der Waals surface area (Å²) in [4.78, 5) is 48.6. The van der Waals surface area contributed by atoms with Crippen molar-refractivity contribution in [3.05, 3.63) is 29.3 Å². The van der Waals surface area contributed by atoms with Crippen LogP contribution >= 0.6 is 0 Å². The van der Waals surface area contributed by atoms with E-state index in [0.29, 0.717) is 12.1 Å². The Hall–Kier alpha value is -3.10. The van der Waals surface area contributed by atoms with Crippen molar-refractivity contribution in [2.24, 2.45) is 0 Å². The fourth-order valence-electron chi connectivity index (χ4n) is 2.91. The molecule has 33 heavy (non-hydrogen) atoms. The molecular weight excluding hydrogens is 428 g/mol. The van der Waals surface area contributed by atoms with Gasteiger partial charge in [-0.3, -0.25) is 9.59 Å². The summed E-state index contributed by atoms with van der Waals surface area (Å²) in [5.41, 5.74) is 0.179. The molecule has 1 atom stereocenters. The highest BCUT2D eigenvalue weighted by molar-refractivity contribution is 5.97. The number of hydrogen-bond acceptors (Lipinski definition) is 7. The molecule has 0 bridgehead atoms. The molecule has 0 radical (unpaired) electrons. The fraction of sp³-hybridized carbons (Fsp3) is 0.583. The predicted molar refractivity (Wildman–Crippen MR) is 123 cm³/mol. The van der Waals surface area contributed by atoms with Crippen molar-refractivity contribution < 1.29 is 33.4 Å². The number of Topliss-reactive ketones (excluding diaryl/α,β-unsaturated/α-hetero) is 1. The smallest absolute Gasteiger partial charge is 0.408 e. The Morgan fingerprint density at radius 1 is 1.09 bits per heavy atom. The highest BCUT2D eigenvalue weighted by Gasteiger charge is 2.25. The van der Waals surface area contributed by atoms with Crippen LogP contribution in [0.2, 0.25) is 0 Å². The number of benzene rings is 1. The zero-order valence-corrected chi connectivity index (χ0v) is 20.4. The fourth-order valence-corrected chi connectivity index (χ4v) is 2.91. The van der Waals surface area contributed by atoms with Crippen LogP contribution in [-0.2, 0) is 25.5 Å². The summed E-state index contributed by atoms with van der Waals surface area (Å²) in [6.07, 6.45) is 2.27. The van der Waals surface area contributed by atoms with E-state index in [2.05, 4.69) is 22.3 Å². The van der Waals surface area contributed by atoms with Crippen molar-refractivity contribution in [2.45, 2.75) is 71.9 Å². The number of carbonyl (C=O) groups is 4. The molecule has 0 aliphatic rings. The molecule has 9 nitrogen and oxygen atoms in total. The molecule has 0 spiro atoms. The number of nitrogens with one attached hydrogen (secondary N) is 2. The van der Waals surface area contributed by atoms with Crippen LogP contribution in [-0.4, -0.2) is 55.7 Å². The van der Waals surface area contributed by atoms with E-state index in [0.717, 1.165) is 19.3 Å². The molecule has 0 aliphatic carbocycles. The van der Waals surface area contributed by atoms with Gasteiger partial charge in [0.25, 0.3) is 0 Å². The molecule has 0 aliphatic heterocycles. The van der Waals surface area contributed by atoms with Crippen molar-refractivity contribution in [3.8, 4) is 5.75 Å². The minimum atomic E-state index is -0.900. The van der Waals surface area contributed by atoms with Crippen molar-refractivity contribution >= 4 is 23.8 Å². The van der Waals surface area contributed by atoms with E-state index >= 15 is 0 Å². The molecule has 9 heteroatoms. The molecule has 0 unspecified atom stereocenters. The third-order valence-corrected chi connectivity index (χ3v) is 4.52. The first-order valence-corrected chi connectivity index (χ1v) is 11.1. The van der Waals surface area contributed by atoms with Gasteiger partial charge in [-0.1, -0.05) is 25.8 Å². The number of methoxy groups -OCH3 is 1. The first-order valence-electron chi connectivity index (χ1n) is 11.1. The standard InChI is InChI=1S/C24H36N2O7/c1-7-8-9-12-25-22(29)19(26-23(30)33-24(3,4)5)14-17-10-11-20(18(13-17)16(2)27)32-15-21(28)31-6/h10-11,13,19H,7-9,12,14-15H2,1-6H3,(H,25,29)(H,26,30)/t19-/m0/s1. The van der Waals surface area contributed by atoms with E-state index in [1.165, 1.54) is 14.0 Å². The minimum absolute atomic E-state index is 0.135. The van der Waals surface area contributed by atoms with E-state index in [9.17, 15) is 19.2 Å². The second kappa shape index (κ2) is 13.4. The number of hydrogen-bond donors (Lipinski definition) is 2. The van der Waals surface area contributed by atoms with Crippen LogP contribution < -0.4 is 15.4 Å². The Bertz CT molecular complexity index is 831. The van der Waals surface area contributed by atoms with Gasteiger partial charge in [0, 0.05) is 13.0 Å². The third-order valence-electron chi connectivity index (χ3n) is 4.52. The number of rotatable bonds is 12. The van der Waals surface area contributed by atoms with Gasteiger partial charge in [0.1, 0.15) is 17.4 Å². The van der Waals surface area contributed by atoms with E-state index in [1.807, 2.05) is 0 Å². The molecule has 184 valence electrons. The number of ketones is 1. The average molecular weight is 465 g/mol. The van der Waals surface area contributed by atoms with Crippen LogP contribution in [0.15, 0.2) is 18.2 Å². The van der Waals surface area contributed by atoms with E-state index in [-0.39, 0.29) is 36.0 Å². The number of carbonyl (C=O) groups excluding carboxylic acids is 4. The van der Waals surface area contributed by atoms with Crippen LogP contribution in [0.5, 0.6) is 5.75 Å². The number of alkyl carbamates (subject to hydrolysis) is 1. The summed E-state index contributed by atoms with van der Waals surface area (Å²) in [7, 11) is 1.24. The Balaban J connectivity index is 3.04. The van der Waals surface area contributed by atoms with Gasteiger partial charge in [0.15, 0.2) is 12.4 Å². The maximum absolute atomic E-state index is 12.8. The molecule has 2 amide bonds. The van der Waals surface area contributed by atoms with Gasteiger partial charge in [0.05, 0.1) is 12.7 Å². The van der Waals surface area contributed by atoms with Crippen LogP contribution in [0.25, 0.3) is 0 Å². The normalized spacial score (nSPS) is 11.8. The lowest BCUT2D eigenvalue weighted by Gasteiger charge is -2.23. The Labute approximate surface area is 195 Å². The second-order valence-corrected chi connectivity index (χ2v) is 8.65. The second-order valence-electron chi connectivity index (χ2n) is 8.65. The SMILES string of the molecule is CCCCCNC(=O)[C@H](Cc1ccc(OCC(=O)OC)c(C(C)=O)c1)NC(=O)OC(C)(C)C. The molecule has 1 rings (SSSR count). The third kappa shape index (κ3) is 10.9. The maximum atomic E-state index is 12.8. The van der Waals surface area contributed by atoms with E-state index in [4.69, 9.17) is 9.47 Å². The molecule has 0 saturated heterocycles. The molecule has 0 heterocycles. The number of unbranched alkanes of at least 4 members (excludes halogenated alkanes) is 2. The topological polar surface area (TPSA) is 120 Å². The Kier molecular flexibility index (Phi) is 11.4. The zero-order valence-electron chi connectivity index (χ0n) is 20.4. The summed E-state index contributed by atoms with van der Waals surface area (Å²) in [5.74, 6) is -0.947. The van der Waals surface area contributed by atoms with Crippen LogP contribution in [0.4, 0.5) is 4.79 Å². The van der Waals surface area contributed by atoms with Gasteiger partial charge >= 0.3 is 12.1 Å². The highest BCUT2D eigenvalue weighted by Crippen LogP contribution is 2.22. The van der Waals surface area contributed by atoms with Crippen molar-refractivity contribution in [2.75, 3.05) is 20.3 Å². The summed E-state index contributed by atoms with van der Waals surface area (Å²) in [6, 6.07) is 3.91. The van der Waals surface area contributed by atoms with Crippen molar-refractivity contribution in [3.63, 3.8) is 0 Å². The van der Waals surface area contributed by atoms with Crippen LogP contribution in [0.1, 0.15) is 69.8 Å². The van der Waals surface area contributed by atoms with E-state index < -0.39 is 23.7 Å². The predicted octanol–water partition coefficient (Wildman–Crippen LogP) is 3.18. The highest BCUT2D eigenvalue weighted by atomic mass is 16.6. The molecule has 0 saturated carbocycles. The molecule has 1 aromatic rings. The number of esters is 1. The summed E-state index contributed by atoms with van der Waals surface area (Å²) < 4.78 is 15.2. The maximum Gasteiger partial charge on any atom is 0.408 e. The van der Waals surface area contributed by atoms with Gasteiger partial charge in [-0.05, 0) is 51.8 Å². The largest absolute Gasteiger partial charge is 0.481 e. The molecular formula is C24H36N2O7. The van der Waals surface area contributed by atoms with Gasteiger partial charge in [-0.15, -0.1) is 0 Å². The van der Waals surface area contributed by atoms with Gasteiger partial charge in [-0.2, -0.15) is 0 Å². The van der Waals surface area contributed by atoms with Gasteiger partial charge < -0.3 is 24.8 Å². The van der Waals surface area contributed by atoms with Crippen LogP contribution in [0, 0.1) is 0 Å². The Morgan fingerprint density at radius 3 is 2.36 bits per heavy atom. The lowest BCUT2D eigenvalue weighted by atomic mass is 10.0. The molecule has 2 N–H and O–H groups in total. The lowest BCUT2D eigenvalue weighted by molar-refractivity contribution is -0.142. The average Bonchev–Trinajstić information content (AvgIpc) is 2.73. The summed E-state index contributed by atoms with van der Waals surface area (Å²) in [5, 5.41) is 5.46. The Morgan fingerprint density at radius 2 is 1.79 bits per heavy atom. The molecule has 0 fully saturated rings. The minimum Gasteiger partial charge on any atom is -0.481 e. The van der Waals surface area contributed by atoms with Crippen LogP contribution in [0.3, 0.4) is 0 Å². The number of amides is 2. The molecule has 1 aromatic carbocycles. The zero-order chi connectivity index (χ0) is 25.0. The van der Waals surface area contributed by atoms with Crippen molar-refractivity contribution in [1.29, 1.82) is 0 Å². The monoisotopic (exact) mass is 464 g/mol. The quantitative estimate of drug-likeness (QED) is 0.277.